The Morgan fingerprint density at radius 1 is 1.19 bits per heavy atom. The normalized spacial score (nSPS) is 12.0. The molecular formula is C17H20ClNO2. The smallest absolute Gasteiger partial charge is 0.138 e. The molecule has 0 amide bonds. The summed E-state index contributed by atoms with van der Waals surface area (Å²) in [5, 5.41) is 13.3. The third-order valence-corrected chi connectivity index (χ3v) is 3.42. The minimum Gasteiger partial charge on any atom is -0.508 e. The van der Waals surface area contributed by atoms with Crippen molar-refractivity contribution in [3.63, 3.8) is 0 Å². The first-order valence-corrected chi connectivity index (χ1v) is 7.43. The van der Waals surface area contributed by atoms with Crippen molar-refractivity contribution in [1.82, 2.24) is 0 Å². The summed E-state index contributed by atoms with van der Waals surface area (Å²) in [4.78, 5) is 0. The lowest BCUT2D eigenvalue weighted by Crippen LogP contribution is -2.18. The largest absolute Gasteiger partial charge is 0.508 e. The molecule has 0 fully saturated rings. The lowest BCUT2D eigenvalue weighted by Gasteiger charge is -2.16. The molecule has 112 valence electrons. The van der Waals surface area contributed by atoms with Crippen LogP contribution in [0.5, 0.6) is 11.5 Å². The van der Waals surface area contributed by atoms with E-state index in [1.807, 2.05) is 37.3 Å². The average molecular weight is 306 g/mol. The third kappa shape index (κ3) is 4.57. The van der Waals surface area contributed by atoms with E-state index in [4.69, 9.17) is 16.3 Å². The van der Waals surface area contributed by atoms with Gasteiger partial charge in [0.1, 0.15) is 11.5 Å². The van der Waals surface area contributed by atoms with E-state index in [-0.39, 0.29) is 11.8 Å². The second-order valence-corrected chi connectivity index (χ2v) is 5.40. The van der Waals surface area contributed by atoms with Crippen LogP contribution < -0.4 is 10.1 Å². The Morgan fingerprint density at radius 2 is 1.90 bits per heavy atom. The topological polar surface area (TPSA) is 41.5 Å². The monoisotopic (exact) mass is 305 g/mol. The number of hydrogen-bond acceptors (Lipinski definition) is 3. The van der Waals surface area contributed by atoms with Crippen molar-refractivity contribution in [2.75, 3.05) is 11.9 Å². The minimum atomic E-state index is 0.253. The van der Waals surface area contributed by atoms with E-state index in [0.717, 1.165) is 12.1 Å². The first-order valence-electron chi connectivity index (χ1n) is 7.05. The molecule has 4 heteroatoms. The van der Waals surface area contributed by atoms with Crippen molar-refractivity contribution in [3.05, 3.63) is 53.1 Å². The maximum Gasteiger partial charge on any atom is 0.138 e. The first kappa shape index (κ1) is 15.5. The van der Waals surface area contributed by atoms with E-state index in [9.17, 15) is 5.11 Å². The Bertz CT molecular complexity index is 584. The van der Waals surface area contributed by atoms with Gasteiger partial charge in [-0.2, -0.15) is 0 Å². The van der Waals surface area contributed by atoms with Gasteiger partial charge in [0.05, 0.1) is 11.6 Å². The van der Waals surface area contributed by atoms with Crippen LogP contribution in [0.1, 0.15) is 19.4 Å². The maximum atomic E-state index is 9.28. The molecule has 0 aromatic heterocycles. The lowest BCUT2D eigenvalue weighted by molar-refractivity contribution is 0.340. The van der Waals surface area contributed by atoms with Crippen molar-refractivity contribution < 1.29 is 9.84 Å². The Hall–Kier alpha value is -1.87. The molecule has 0 aliphatic carbocycles. The summed E-state index contributed by atoms with van der Waals surface area (Å²) in [7, 11) is 0. The molecule has 0 aliphatic heterocycles. The molecular weight excluding hydrogens is 286 g/mol. The molecule has 1 unspecified atom stereocenters. The number of rotatable bonds is 6. The SMILES string of the molecule is CCOc1ccc(NC(C)Cc2ccc(O)cc2)cc1Cl. The maximum absolute atomic E-state index is 9.28. The molecule has 2 aromatic rings. The number of phenols is 1. The van der Waals surface area contributed by atoms with Gasteiger partial charge in [0.15, 0.2) is 0 Å². The Labute approximate surface area is 130 Å². The summed E-state index contributed by atoms with van der Waals surface area (Å²) in [6.07, 6.45) is 0.866. The predicted octanol–water partition coefficient (Wildman–Crippen LogP) is 4.49. The van der Waals surface area contributed by atoms with Crippen molar-refractivity contribution >= 4 is 17.3 Å². The van der Waals surface area contributed by atoms with E-state index in [1.165, 1.54) is 5.56 Å². The minimum absolute atomic E-state index is 0.253. The van der Waals surface area contributed by atoms with Gasteiger partial charge in [-0.15, -0.1) is 0 Å². The molecule has 0 bridgehead atoms. The molecule has 2 N–H and O–H groups in total. The van der Waals surface area contributed by atoms with Crippen LogP contribution in [-0.4, -0.2) is 17.8 Å². The Morgan fingerprint density at radius 3 is 2.52 bits per heavy atom. The summed E-state index contributed by atoms with van der Waals surface area (Å²) in [5.74, 6) is 0.994. The number of benzene rings is 2. The first-order chi connectivity index (χ1) is 10.1. The van der Waals surface area contributed by atoms with Crippen molar-refractivity contribution in [3.8, 4) is 11.5 Å². The molecule has 2 aromatic carbocycles. The number of hydrogen-bond donors (Lipinski definition) is 2. The lowest BCUT2D eigenvalue weighted by atomic mass is 10.1. The number of anilines is 1. The summed E-state index contributed by atoms with van der Waals surface area (Å²) >= 11 is 6.18. The fourth-order valence-electron chi connectivity index (χ4n) is 2.18. The molecule has 0 saturated carbocycles. The van der Waals surface area contributed by atoms with Crippen LogP contribution >= 0.6 is 11.6 Å². The highest BCUT2D eigenvalue weighted by Crippen LogP contribution is 2.28. The quantitative estimate of drug-likeness (QED) is 0.826. The van der Waals surface area contributed by atoms with Gasteiger partial charge >= 0.3 is 0 Å². The summed E-state index contributed by atoms with van der Waals surface area (Å²) in [6.45, 7) is 4.64. The van der Waals surface area contributed by atoms with Gasteiger partial charge in [-0.3, -0.25) is 0 Å². The molecule has 0 aliphatic rings. The number of halogens is 1. The van der Waals surface area contributed by atoms with Gasteiger partial charge in [-0.05, 0) is 56.2 Å². The fraction of sp³-hybridized carbons (Fsp3) is 0.294. The molecule has 0 heterocycles. The van der Waals surface area contributed by atoms with Gasteiger partial charge in [-0.25, -0.2) is 0 Å². The highest BCUT2D eigenvalue weighted by molar-refractivity contribution is 6.32. The average Bonchev–Trinajstić information content (AvgIpc) is 2.44. The summed E-state index contributed by atoms with van der Waals surface area (Å²) < 4.78 is 5.42. The van der Waals surface area contributed by atoms with E-state index in [1.54, 1.807) is 12.1 Å². The molecule has 1 atom stereocenters. The van der Waals surface area contributed by atoms with Crippen molar-refractivity contribution in [2.24, 2.45) is 0 Å². The molecule has 3 nitrogen and oxygen atoms in total. The van der Waals surface area contributed by atoms with E-state index in [0.29, 0.717) is 17.4 Å². The van der Waals surface area contributed by atoms with Crippen molar-refractivity contribution in [1.29, 1.82) is 0 Å². The molecule has 0 spiro atoms. The molecule has 2 rings (SSSR count). The van der Waals surface area contributed by atoms with Gasteiger partial charge in [-0.1, -0.05) is 23.7 Å². The zero-order valence-electron chi connectivity index (χ0n) is 12.3. The summed E-state index contributed by atoms with van der Waals surface area (Å²) in [5.41, 5.74) is 2.14. The molecule has 21 heavy (non-hydrogen) atoms. The standard InChI is InChI=1S/C17H20ClNO2/c1-3-21-17-9-6-14(11-16(17)18)19-12(2)10-13-4-7-15(20)8-5-13/h4-9,11-12,19-20H,3,10H2,1-2H3. The Balaban J connectivity index is 1.97. The van der Waals surface area contributed by atoms with Gasteiger partial charge in [0.2, 0.25) is 0 Å². The van der Waals surface area contributed by atoms with Crippen LogP contribution in [0.2, 0.25) is 5.02 Å². The van der Waals surface area contributed by atoms with Gasteiger partial charge in [0.25, 0.3) is 0 Å². The van der Waals surface area contributed by atoms with E-state index >= 15 is 0 Å². The Kier molecular flexibility index (Phi) is 5.34. The number of ether oxygens (including phenoxy) is 1. The van der Waals surface area contributed by atoms with Crippen molar-refractivity contribution in [2.45, 2.75) is 26.3 Å². The number of aromatic hydroxyl groups is 1. The second-order valence-electron chi connectivity index (χ2n) is 4.99. The zero-order valence-corrected chi connectivity index (χ0v) is 13.0. The fourth-order valence-corrected chi connectivity index (χ4v) is 2.42. The zero-order chi connectivity index (χ0) is 15.2. The second kappa shape index (κ2) is 7.23. The van der Waals surface area contributed by atoms with Crippen LogP contribution in [0.3, 0.4) is 0 Å². The van der Waals surface area contributed by atoms with Crippen LogP contribution in [0.15, 0.2) is 42.5 Å². The van der Waals surface area contributed by atoms with Crippen LogP contribution in [0.25, 0.3) is 0 Å². The number of nitrogens with one attached hydrogen (secondary N) is 1. The van der Waals surface area contributed by atoms with Crippen LogP contribution in [-0.2, 0) is 6.42 Å². The summed E-state index contributed by atoms with van der Waals surface area (Å²) in [6, 6.07) is 13.2. The molecule has 0 saturated heterocycles. The third-order valence-electron chi connectivity index (χ3n) is 3.12. The highest BCUT2D eigenvalue weighted by Gasteiger charge is 2.07. The van der Waals surface area contributed by atoms with Gasteiger partial charge in [0, 0.05) is 11.7 Å². The van der Waals surface area contributed by atoms with Gasteiger partial charge < -0.3 is 15.2 Å². The molecule has 0 radical (unpaired) electrons. The van der Waals surface area contributed by atoms with Crippen LogP contribution in [0, 0.1) is 0 Å². The van der Waals surface area contributed by atoms with Crippen LogP contribution in [0.4, 0.5) is 5.69 Å². The number of phenolic OH excluding ortho intramolecular Hbond substituents is 1. The highest BCUT2D eigenvalue weighted by atomic mass is 35.5. The van der Waals surface area contributed by atoms with E-state index < -0.39 is 0 Å². The predicted molar refractivity (Wildman–Crippen MR) is 87.5 cm³/mol. The van der Waals surface area contributed by atoms with E-state index in [2.05, 4.69) is 12.2 Å².